The van der Waals surface area contributed by atoms with Crippen LogP contribution in [-0.4, -0.2) is 62.4 Å². The van der Waals surface area contributed by atoms with E-state index in [1.54, 1.807) is 24.3 Å². The molecule has 2 aliphatic rings. The molecule has 1 aromatic rings. The van der Waals surface area contributed by atoms with E-state index < -0.39 is 0 Å². The average Bonchev–Trinajstić information content (AvgIpc) is 2.85. The summed E-state index contributed by atoms with van der Waals surface area (Å²) in [6, 6.07) is 7.40. The first-order valence-electron chi connectivity index (χ1n) is 11.6. The van der Waals surface area contributed by atoms with Crippen molar-refractivity contribution in [3.8, 4) is 0 Å². The van der Waals surface area contributed by atoms with Gasteiger partial charge in [0.15, 0.2) is 0 Å². The molecule has 1 amide bonds. The fourth-order valence-electron chi connectivity index (χ4n) is 4.02. The van der Waals surface area contributed by atoms with Gasteiger partial charge in [-0.05, 0) is 81.4 Å². The number of allylic oxidation sites excluding steroid dienone is 2. The van der Waals surface area contributed by atoms with E-state index in [9.17, 15) is 4.79 Å². The number of guanidine groups is 1. The number of nitrogens with two attached hydrogens (primary N) is 2. The third kappa shape index (κ3) is 6.71. The molecule has 8 heteroatoms. The Hall–Kier alpha value is -3.07. The minimum Gasteiger partial charge on any atom is -0.368 e. The van der Waals surface area contributed by atoms with Crippen molar-refractivity contribution in [3.05, 3.63) is 65.4 Å². The first-order chi connectivity index (χ1) is 16.0. The normalized spacial score (nSPS) is 18.6. The molecule has 2 aliphatic heterocycles. The van der Waals surface area contributed by atoms with E-state index in [1.807, 2.05) is 36.6 Å². The van der Waals surface area contributed by atoms with Gasteiger partial charge in [0.1, 0.15) is 0 Å². The van der Waals surface area contributed by atoms with Crippen LogP contribution < -0.4 is 21.7 Å². The standard InChI is InChI=1S/C25H35N7O/c1-4-21(13-15-27-2)32(3)24(33)19-7-9-20(10-8-19)30-25(26)31-23-22(6-5-14-29-23)18-11-16-28-17-12-18/h5-11,14,21,27-28H,4,12-13,15-17H2,1-3H3,(H3,26,29,30,31)/p+1. The number of hydrogen-bond acceptors (Lipinski definition) is 4. The van der Waals surface area contributed by atoms with Crippen LogP contribution >= 0.6 is 0 Å². The summed E-state index contributed by atoms with van der Waals surface area (Å²) in [6.07, 6.45) is 11.0. The van der Waals surface area contributed by atoms with Gasteiger partial charge in [0.25, 0.3) is 5.91 Å². The predicted molar refractivity (Wildman–Crippen MR) is 135 cm³/mol. The zero-order valence-electron chi connectivity index (χ0n) is 19.8. The summed E-state index contributed by atoms with van der Waals surface area (Å²) in [6.45, 7) is 4.80. The fraction of sp³-hybridized carbons (Fsp3) is 0.400. The predicted octanol–water partition coefficient (Wildman–Crippen LogP) is 1.43. The van der Waals surface area contributed by atoms with Crippen molar-refractivity contribution >= 4 is 23.4 Å². The Morgan fingerprint density at radius 2 is 2.12 bits per heavy atom. The molecule has 3 rings (SSSR count). The average molecular weight is 451 g/mol. The van der Waals surface area contributed by atoms with Gasteiger partial charge in [-0.1, -0.05) is 13.0 Å². The quantitative estimate of drug-likeness (QED) is 0.355. The lowest BCUT2D eigenvalue weighted by molar-refractivity contribution is -0.461. The Labute approximate surface area is 196 Å². The van der Waals surface area contributed by atoms with Crippen LogP contribution in [0, 0.1) is 0 Å². The molecule has 176 valence electrons. The Bertz CT molecular complexity index is 973. The molecule has 1 aromatic carbocycles. The van der Waals surface area contributed by atoms with E-state index in [4.69, 9.17) is 5.73 Å². The second-order valence-electron chi connectivity index (χ2n) is 8.20. The molecular formula is C25H36N7O+. The van der Waals surface area contributed by atoms with Gasteiger partial charge < -0.3 is 21.3 Å². The van der Waals surface area contributed by atoms with Crippen molar-refractivity contribution in [3.63, 3.8) is 0 Å². The maximum atomic E-state index is 12.9. The Balaban J connectivity index is 1.71. The van der Waals surface area contributed by atoms with E-state index in [2.05, 4.69) is 39.7 Å². The first-order valence-corrected chi connectivity index (χ1v) is 11.6. The van der Waals surface area contributed by atoms with Crippen LogP contribution in [0.3, 0.4) is 0 Å². The molecule has 0 aromatic heterocycles. The number of rotatable bonds is 8. The molecule has 8 nitrogen and oxygen atoms in total. The number of nitrogens with zero attached hydrogens (tertiary/aromatic N) is 3. The summed E-state index contributed by atoms with van der Waals surface area (Å²) in [5.41, 5.74) is 9.82. The molecule has 0 spiro atoms. The number of nitrogens with one attached hydrogen (secondary N) is 2. The zero-order valence-corrected chi connectivity index (χ0v) is 19.8. The number of carbonyl (C=O) groups is 1. The third-order valence-electron chi connectivity index (χ3n) is 5.97. The first kappa shape index (κ1) is 24.6. The molecule has 33 heavy (non-hydrogen) atoms. The van der Waals surface area contributed by atoms with Gasteiger partial charge >= 0.3 is 0 Å². The highest BCUT2D eigenvalue weighted by atomic mass is 16.2. The molecule has 1 atom stereocenters. The van der Waals surface area contributed by atoms with E-state index in [0.717, 1.165) is 50.3 Å². The van der Waals surface area contributed by atoms with Gasteiger partial charge in [-0.2, -0.15) is 4.99 Å². The van der Waals surface area contributed by atoms with Crippen LogP contribution in [0.15, 0.2) is 69.8 Å². The fourth-order valence-corrected chi connectivity index (χ4v) is 4.02. The van der Waals surface area contributed by atoms with Crippen LogP contribution in [0.4, 0.5) is 5.69 Å². The highest BCUT2D eigenvalue weighted by Crippen LogP contribution is 2.19. The van der Waals surface area contributed by atoms with Crippen LogP contribution in [0.5, 0.6) is 0 Å². The van der Waals surface area contributed by atoms with Crippen molar-refractivity contribution in [2.45, 2.75) is 32.2 Å². The van der Waals surface area contributed by atoms with Crippen LogP contribution in [-0.2, 0) is 0 Å². The molecular weight excluding hydrogens is 414 g/mol. The maximum absolute atomic E-state index is 12.9. The van der Waals surface area contributed by atoms with Gasteiger partial charge in [0.2, 0.25) is 11.8 Å². The van der Waals surface area contributed by atoms with E-state index >= 15 is 0 Å². The van der Waals surface area contributed by atoms with Crippen LogP contribution in [0.1, 0.15) is 36.5 Å². The molecule has 0 saturated carbocycles. The summed E-state index contributed by atoms with van der Waals surface area (Å²) >= 11 is 0. The number of benzene rings is 1. The molecule has 2 heterocycles. The van der Waals surface area contributed by atoms with Crippen molar-refractivity contribution in [1.29, 1.82) is 0 Å². The van der Waals surface area contributed by atoms with Crippen LogP contribution in [0.25, 0.3) is 0 Å². The summed E-state index contributed by atoms with van der Waals surface area (Å²) < 4.78 is 0. The minimum absolute atomic E-state index is 0.00955. The topological polar surface area (TPSA) is 112 Å². The van der Waals surface area contributed by atoms with Gasteiger partial charge in [0, 0.05) is 25.2 Å². The number of aliphatic imine (C=N–C) groups is 2. The molecule has 1 unspecified atom stereocenters. The molecule has 0 radical (unpaired) electrons. The number of amides is 1. The van der Waals surface area contributed by atoms with Gasteiger partial charge in [-0.25, -0.2) is 4.99 Å². The zero-order chi connectivity index (χ0) is 23.6. The SMILES string of the molecule is CCC(CCNC)N(C)C(=O)c1ccc(N=C(N)/N=C2\[NH2+]C=CC=C2C2=CCNCC2)cc1. The maximum Gasteiger partial charge on any atom is 0.253 e. The lowest BCUT2D eigenvalue weighted by Crippen LogP contribution is -2.83. The van der Waals surface area contributed by atoms with Crippen molar-refractivity contribution < 1.29 is 10.1 Å². The summed E-state index contributed by atoms with van der Waals surface area (Å²) in [4.78, 5) is 23.7. The van der Waals surface area contributed by atoms with Gasteiger partial charge in [0.05, 0.1) is 17.5 Å². The number of amidine groups is 1. The molecule has 0 fully saturated rings. The summed E-state index contributed by atoms with van der Waals surface area (Å²) in [7, 11) is 3.79. The molecule has 0 bridgehead atoms. The van der Waals surface area contributed by atoms with Crippen molar-refractivity contribution in [2.24, 2.45) is 15.7 Å². The Morgan fingerprint density at radius 3 is 2.79 bits per heavy atom. The highest BCUT2D eigenvalue weighted by molar-refractivity contribution is 6.03. The second-order valence-corrected chi connectivity index (χ2v) is 8.20. The number of quaternary nitrogens is 1. The molecule has 6 N–H and O–H groups in total. The lowest BCUT2D eigenvalue weighted by Gasteiger charge is -2.27. The third-order valence-corrected chi connectivity index (χ3v) is 5.97. The van der Waals surface area contributed by atoms with Gasteiger partial charge in [-0.15, -0.1) is 0 Å². The minimum atomic E-state index is 0.00955. The Morgan fingerprint density at radius 1 is 1.33 bits per heavy atom. The van der Waals surface area contributed by atoms with E-state index in [1.165, 1.54) is 5.57 Å². The van der Waals surface area contributed by atoms with E-state index in [-0.39, 0.29) is 17.9 Å². The van der Waals surface area contributed by atoms with Crippen molar-refractivity contribution in [2.75, 3.05) is 33.7 Å². The number of hydrogen-bond donors (Lipinski definition) is 4. The Kier molecular flexibility index (Phi) is 9.12. The lowest BCUT2D eigenvalue weighted by atomic mass is 9.97. The monoisotopic (exact) mass is 450 g/mol. The second kappa shape index (κ2) is 12.2. The van der Waals surface area contributed by atoms with Gasteiger partial charge in [-0.3, -0.25) is 10.1 Å². The molecule has 0 aliphatic carbocycles. The largest absolute Gasteiger partial charge is 0.368 e. The number of carbonyl (C=O) groups excluding carboxylic acids is 1. The van der Waals surface area contributed by atoms with Crippen molar-refractivity contribution in [1.82, 2.24) is 15.5 Å². The molecule has 0 saturated heterocycles. The van der Waals surface area contributed by atoms with E-state index in [0.29, 0.717) is 11.3 Å². The summed E-state index contributed by atoms with van der Waals surface area (Å²) in [5, 5.41) is 8.44. The summed E-state index contributed by atoms with van der Waals surface area (Å²) in [5.74, 6) is 1.01. The highest BCUT2D eigenvalue weighted by Gasteiger charge is 2.20. The van der Waals surface area contributed by atoms with Crippen LogP contribution in [0.2, 0.25) is 0 Å². The smallest absolute Gasteiger partial charge is 0.253 e.